The fourth-order valence-corrected chi connectivity index (χ4v) is 2.95. The summed E-state index contributed by atoms with van der Waals surface area (Å²) in [6.07, 6.45) is 2.47. The summed E-state index contributed by atoms with van der Waals surface area (Å²) >= 11 is 0. The maximum atomic E-state index is 11.1. The molecule has 0 radical (unpaired) electrons. The first-order valence-electron chi connectivity index (χ1n) is 8.23. The van der Waals surface area contributed by atoms with Crippen LogP contribution in [0.25, 0.3) is 0 Å². The standard InChI is InChI=1S/C17H27N5O.HI/c1-3-22-9-5-8-16(22)12-20-17(18)19-11-14-6-4-7-15(10-14)21-13(2)23;/h4,6-7,10,16H,3,5,8-9,11-12H2,1-2H3,(H,21,23)(H3,18,19,20);1H. The van der Waals surface area contributed by atoms with Gasteiger partial charge >= 0.3 is 0 Å². The smallest absolute Gasteiger partial charge is 0.221 e. The predicted molar refractivity (Wildman–Crippen MR) is 110 cm³/mol. The van der Waals surface area contributed by atoms with Crippen LogP contribution in [0.2, 0.25) is 0 Å². The summed E-state index contributed by atoms with van der Waals surface area (Å²) in [6, 6.07) is 8.19. The molecule has 2 rings (SSSR count). The Morgan fingerprint density at radius 2 is 2.25 bits per heavy atom. The first-order chi connectivity index (χ1) is 11.1. The molecule has 1 amide bonds. The highest BCUT2D eigenvalue weighted by molar-refractivity contribution is 14.0. The van der Waals surface area contributed by atoms with E-state index in [-0.39, 0.29) is 29.9 Å². The number of halogens is 1. The first kappa shape index (κ1) is 20.7. The van der Waals surface area contributed by atoms with Gasteiger partial charge in [0.25, 0.3) is 0 Å². The van der Waals surface area contributed by atoms with Crippen molar-refractivity contribution in [1.29, 1.82) is 0 Å². The molecule has 1 unspecified atom stereocenters. The Morgan fingerprint density at radius 1 is 1.46 bits per heavy atom. The van der Waals surface area contributed by atoms with Crippen molar-refractivity contribution in [3.05, 3.63) is 29.8 Å². The van der Waals surface area contributed by atoms with Crippen LogP contribution in [0.5, 0.6) is 0 Å². The van der Waals surface area contributed by atoms with Gasteiger partial charge in [0.05, 0.1) is 6.54 Å². The van der Waals surface area contributed by atoms with Gasteiger partial charge in [-0.2, -0.15) is 0 Å². The van der Waals surface area contributed by atoms with Crippen LogP contribution in [-0.4, -0.2) is 42.4 Å². The van der Waals surface area contributed by atoms with Gasteiger partial charge in [0.2, 0.25) is 5.91 Å². The molecule has 6 nitrogen and oxygen atoms in total. The molecule has 1 aromatic rings. The second kappa shape index (κ2) is 10.5. The Hall–Kier alpha value is -1.35. The molecule has 1 saturated heterocycles. The van der Waals surface area contributed by atoms with Gasteiger partial charge in [-0.15, -0.1) is 24.0 Å². The van der Waals surface area contributed by atoms with Gasteiger partial charge in [0.1, 0.15) is 0 Å². The highest BCUT2D eigenvalue weighted by Gasteiger charge is 2.22. The number of benzene rings is 1. The quantitative estimate of drug-likeness (QED) is 0.356. The lowest BCUT2D eigenvalue weighted by molar-refractivity contribution is -0.114. The number of hydrogen-bond donors (Lipinski definition) is 3. The third kappa shape index (κ3) is 6.64. The van der Waals surface area contributed by atoms with E-state index in [0.29, 0.717) is 18.5 Å². The van der Waals surface area contributed by atoms with Gasteiger partial charge < -0.3 is 16.4 Å². The van der Waals surface area contributed by atoms with Crippen LogP contribution >= 0.6 is 24.0 Å². The molecule has 1 aliphatic rings. The number of carbonyl (C=O) groups is 1. The molecule has 0 saturated carbocycles. The van der Waals surface area contributed by atoms with Crippen molar-refractivity contribution in [1.82, 2.24) is 10.2 Å². The molecule has 24 heavy (non-hydrogen) atoms. The number of anilines is 1. The van der Waals surface area contributed by atoms with E-state index in [1.165, 1.54) is 26.3 Å². The summed E-state index contributed by atoms with van der Waals surface area (Å²) in [4.78, 5) is 17.9. The van der Waals surface area contributed by atoms with Crippen LogP contribution in [0.1, 0.15) is 32.3 Å². The zero-order chi connectivity index (χ0) is 16.7. The third-order valence-corrected chi connectivity index (χ3v) is 4.10. The molecule has 1 atom stereocenters. The number of nitrogens with one attached hydrogen (secondary N) is 2. The second-order valence-corrected chi connectivity index (χ2v) is 5.89. The van der Waals surface area contributed by atoms with Crippen molar-refractivity contribution in [2.45, 2.75) is 39.3 Å². The fraction of sp³-hybridized carbons (Fsp3) is 0.529. The molecule has 1 aromatic carbocycles. The fourth-order valence-electron chi connectivity index (χ4n) is 2.95. The molecular weight excluding hydrogens is 417 g/mol. The maximum Gasteiger partial charge on any atom is 0.221 e. The number of likely N-dealkylation sites (tertiary alicyclic amines) is 1. The van der Waals surface area contributed by atoms with E-state index in [1.807, 2.05) is 24.3 Å². The summed E-state index contributed by atoms with van der Waals surface area (Å²) in [6.45, 7) is 7.28. The van der Waals surface area contributed by atoms with Crippen molar-refractivity contribution in [2.75, 3.05) is 25.0 Å². The average molecular weight is 445 g/mol. The number of guanidine groups is 1. The van der Waals surface area contributed by atoms with Gasteiger partial charge in [-0.05, 0) is 43.6 Å². The largest absolute Gasteiger partial charge is 0.370 e. The molecule has 134 valence electrons. The molecule has 1 fully saturated rings. The number of carbonyl (C=O) groups excluding carboxylic acids is 1. The monoisotopic (exact) mass is 445 g/mol. The van der Waals surface area contributed by atoms with Crippen LogP contribution in [0.15, 0.2) is 29.3 Å². The number of hydrogen-bond acceptors (Lipinski definition) is 3. The number of nitrogens with two attached hydrogens (primary N) is 1. The van der Waals surface area contributed by atoms with E-state index >= 15 is 0 Å². The number of nitrogens with zero attached hydrogens (tertiary/aromatic N) is 2. The van der Waals surface area contributed by atoms with Crippen molar-refractivity contribution in [3.8, 4) is 0 Å². The minimum Gasteiger partial charge on any atom is -0.370 e. The SMILES string of the molecule is CCN1CCCC1CNC(N)=NCc1cccc(NC(C)=O)c1.I. The zero-order valence-corrected chi connectivity index (χ0v) is 16.7. The number of likely N-dealkylation sites (N-methyl/N-ethyl adjacent to an activating group) is 1. The van der Waals surface area contributed by atoms with Gasteiger partial charge in [0.15, 0.2) is 5.96 Å². The second-order valence-electron chi connectivity index (χ2n) is 5.89. The maximum absolute atomic E-state index is 11.1. The van der Waals surface area contributed by atoms with E-state index in [1.54, 1.807) is 0 Å². The molecule has 7 heteroatoms. The normalized spacial score (nSPS) is 18.1. The lowest BCUT2D eigenvalue weighted by Crippen LogP contribution is -2.42. The Kier molecular flexibility index (Phi) is 9.05. The molecule has 1 heterocycles. The topological polar surface area (TPSA) is 82.8 Å². The minimum atomic E-state index is -0.0797. The van der Waals surface area contributed by atoms with Crippen LogP contribution in [-0.2, 0) is 11.3 Å². The molecule has 0 aromatic heterocycles. The molecular formula is C17H28IN5O. The third-order valence-electron chi connectivity index (χ3n) is 4.10. The Balaban J connectivity index is 0.00000288. The van der Waals surface area contributed by atoms with Crippen LogP contribution < -0.4 is 16.4 Å². The van der Waals surface area contributed by atoms with Crippen molar-refractivity contribution in [2.24, 2.45) is 10.7 Å². The van der Waals surface area contributed by atoms with Gasteiger partial charge in [-0.25, -0.2) is 4.99 Å². The number of aliphatic imine (C=N–C) groups is 1. The van der Waals surface area contributed by atoms with Gasteiger partial charge in [0, 0.05) is 25.2 Å². The molecule has 4 N–H and O–H groups in total. The lowest BCUT2D eigenvalue weighted by atomic mass is 10.2. The first-order valence-corrected chi connectivity index (χ1v) is 8.23. The van der Waals surface area contributed by atoms with Crippen LogP contribution in [0, 0.1) is 0 Å². The summed E-state index contributed by atoms with van der Waals surface area (Å²) in [7, 11) is 0. The lowest BCUT2D eigenvalue weighted by Gasteiger charge is -2.23. The Morgan fingerprint density at radius 3 is 2.96 bits per heavy atom. The van der Waals surface area contributed by atoms with Crippen molar-refractivity contribution >= 4 is 41.5 Å². The van der Waals surface area contributed by atoms with E-state index in [4.69, 9.17) is 5.73 Å². The summed E-state index contributed by atoms with van der Waals surface area (Å²) in [5.41, 5.74) is 7.75. The highest BCUT2D eigenvalue weighted by Crippen LogP contribution is 2.15. The molecule has 0 aliphatic carbocycles. The summed E-state index contributed by atoms with van der Waals surface area (Å²) < 4.78 is 0. The molecule has 0 bridgehead atoms. The van der Waals surface area contributed by atoms with Crippen molar-refractivity contribution < 1.29 is 4.79 Å². The summed E-state index contributed by atoms with van der Waals surface area (Å²) in [5.74, 6) is 0.391. The van der Waals surface area contributed by atoms with Gasteiger partial charge in [-0.1, -0.05) is 19.1 Å². The van der Waals surface area contributed by atoms with E-state index in [0.717, 1.165) is 24.3 Å². The number of rotatable bonds is 6. The van der Waals surface area contributed by atoms with E-state index in [2.05, 4.69) is 27.4 Å². The summed E-state index contributed by atoms with van der Waals surface area (Å²) in [5, 5.41) is 5.99. The van der Waals surface area contributed by atoms with Crippen molar-refractivity contribution in [3.63, 3.8) is 0 Å². The van der Waals surface area contributed by atoms with Gasteiger partial charge in [-0.3, -0.25) is 9.69 Å². The highest BCUT2D eigenvalue weighted by atomic mass is 127. The average Bonchev–Trinajstić information content (AvgIpc) is 2.98. The molecule has 0 spiro atoms. The Labute approximate surface area is 161 Å². The van der Waals surface area contributed by atoms with Crippen LogP contribution in [0.3, 0.4) is 0 Å². The Bertz CT molecular complexity index is 564. The number of amides is 1. The van der Waals surface area contributed by atoms with Crippen LogP contribution in [0.4, 0.5) is 5.69 Å². The van der Waals surface area contributed by atoms with E-state index < -0.39 is 0 Å². The predicted octanol–water partition coefficient (Wildman–Crippen LogP) is 2.15. The minimum absolute atomic E-state index is 0. The molecule has 1 aliphatic heterocycles. The van der Waals surface area contributed by atoms with E-state index in [9.17, 15) is 4.79 Å². The zero-order valence-electron chi connectivity index (χ0n) is 14.4.